The number of aryl methyl sites for hydroxylation is 1. The fraction of sp³-hybridized carbons (Fsp3) is 0.500. The number of aromatic nitrogens is 2. The normalized spacial score (nSPS) is 17.4. The van der Waals surface area contributed by atoms with Gasteiger partial charge in [-0.05, 0) is 38.2 Å². The number of ether oxygens (including phenoxy) is 1. The molecule has 1 aromatic heterocycles. The summed E-state index contributed by atoms with van der Waals surface area (Å²) in [4.78, 5) is 16.5. The van der Waals surface area contributed by atoms with E-state index in [4.69, 9.17) is 4.74 Å². The van der Waals surface area contributed by atoms with E-state index in [9.17, 15) is 4.79 Å². The lowest BCUT2D eigenvalue weighted by Crippen LogP contribution is -2.39. The Morgan fingerprint density at radius 2 is 2.22 bits per heavy atom. The SMILES string of the molecule is CN(C)[C@@H]1CCN(CC(=O)NCCOc2cccc(-c3cnn(C)c3)c2)C1. The monoisotopic (exact) mass is 371 g/mol. The Kier molecular flexibility index (Phi) is 6.47. The van der Waals surface area contributed by atoms with Crippen molar-refractivity contribution < 1.29 is 9.53 Å². The van der Waals surface area contributed by atoms with Crippen molar-refractivity contribution in [2.24, 2.45) is 7.05 Å². The quantitative estimate of drug-likeness (QED) is 0.707. The van der Waals surface area contributed by atoms with Crippen molar-refractivity contribution >= 4 is 5.91 Å². The summed E-state index contributed by atoms with van der Waals surface area (Å²) in [6.07, 6.45) is 4.92. The van der Waals surface area contributed by atoms with Gasteiger partial charge in [-0.25, -0.2) is 0 Å². The van der Waals surface area contributed by atoms with Crippen LogP contribution in [0.1, 0.15) is 6.42 Å². The highest BCUT2D eigenvalue weighted by atomic mass is 16.5. The van der Waals surface area contributed by atoms with E-state index in [0.717, 1.165) is 36.4 Å². The molecule has 1 N–H and O–H groups in total. The summed E-state index contributed by atoms with van der Waals surface area (Å²) in [5, 5.41) is 7.14. The lowest BCUT2D eigenvalue weighted by molar-refractivity contribution is -0.122. The van der Waals surface area contributed by atoms with E-state index in [1.54, 1.807) is 4.68 Å². The summed E-state index contributed by atoms with van der Waals surface area (Å²) >= 11 is 0. The number of carbonyl (C=O) groups excluding carboxylic acids is 1. The van der Waals surface area contributed by atoms with Gasteiger partial charge in [-0.2, -0.15) is 5.10 Å². The second-order valence-electron chi connectivity index (χ2n) is 7.27. The highest BCUT2D eigenvalue weighted by molar-refractivity contribution is 5.78. The van der Waals surface area contributed by atoms with Crippen LogP contribution in [0.25, 0.3) is 11.1 Å². The van der Waals surface area contributed by atoms with Gasteiger partial charge in [0.2, 0.25) is 5.91 Å². The molecule has 1 aliphatic rings. The molecule has 1 amide bonds. The van der Waals surface area contributed by atoms with Crippen molar-refractivity contribution in [2.75, 3.05) is 46.9 Å². The first-order chi connectivity index (χ1) is 13.0. The molecule has 3 rings (SSSR count). The molecule has 0 radical (unpaired) electrons. The molecule has 0 bridgehead atoms. The van der Waals surface area contributed by atoms with E-state index in [0.29, 0.717) is 25.7 Å². The third-order valence-electron chi connectivity index (χ3n) is 4.91. The molecule has 1 atom stereocenters. The summed E-state index contributed by atoms with van der Waals surface area (Å²) in [6.45, 7) is 3.34. The molecule has 1 saturated heterocycles. The summed E-state index contributed by atoms with van der Waals surface area (Å²) < 4.78 is 7.56. The fourth-order valence-electron chi connectivity index (χ4n) is 3.33. The zero-order chi connectivity index (χ0) is 19.2. The minimum atomic E-state index is 0.0575. The van der Waals surface area contributed by atoms with Gasteiger partial charge in [0.1, 0.15) is 12.4 Å². The Morgan fingerprint density at radius 3 is 2.93 bits per heavy atom. The second kappa shape index (κ2) is 9.01. The van der Waals surface area contributed by atoms with Crippen molar-refractivity contribution in [3.05, 3.63) is 36.7 Å². The highest BCUT2D eigenvalue weighted by Gasteiger charge is 2.24. The number of nitrogens with zero attached hydrogens (tertiary/aromatic N) is 4. The van der Waals surface area contributed by atoms with Gasteiger partial charge in [0, 0.05) is 37.9 Å². The minimum absolute atomic E-state index is 0.0575. The largest absolute Gasteiger partial charge is 0.492 e. The number of nitrogens with one attached hydrogen (secondary N) is 1. The smallest absolute Gasteiger partial charge is 0.234 e. The fourth-order valence-corrected chi connectivity index (χ4v) is 3.33. The van der Waals surface area contributed by atoms with Crippen molar-refractivity contribution in [1.29, 1.82) is 0 Å². The Balaban J connectivity index is 1.38. The van der Waals surface area contributed by atoms with E-state index in [-0.39, 0.29) is 5.91 Å². The summed E-state index contributed by atoms with van der Waals surface area (Å²) in [6, 6.07) is 8.46. The molecular formula is C20H29N5O2. The Labute approximate surface area is 160 Å². The minimum Gasteiger partial charge on any atom is -0.492 e. The van der Waals surface area contributed by atoms with Crippen LogP contribution in [-0.2, 0) is 11.8 Å². The molecule has 0 aliphatic carbocycles. The molecule has 0 saturated carbocycles. The number of likely N-dealkylation sites (N-methyl/N-ethyl adjacent to an activating group) is 1. The Hall–Kier alpha value is -2.38. The number of benzene rings is 1. The van der Waals surface area contributed by atoms with E-state index >= 15 is 0 Å². The number of amides is 1. The molecule has 27 heavy (non-hydrogen) atoms. The van der Waals surface area contributed by atoms with E-state index in [2.05, 4.69) is 34.3 Å². The van der Waals surface area contributed by atoms with Crippen LogP contribution in [0.15, 0.2) is 36.7 Å². The molecule has 1 aliphatic heterocycles. The van der Waals surface area contributed by atoms with E-state index in [1.165, 1.54) is 0 Å². The van der Waals surface area contributed by atoms with Crippen molar-refractivity contribution in [3.63, 3.8) is 0 Å². The van der Waals surface area contributed by atoms with Crippen LogP contribution < -0.4 is 10.1 Å². The predicted octanol–water partition coefficient (Wildman–Crippen LogP) is 1.22. The average molecular weight is 371 g/mol. The molecule has 1 fully saturated rings. The van der Waals surface area contributed by atoms with Crippen LogP contribution in [0.2, 0.25) is 0 Å². The van der Waals surface area contributed by atoms with Gasteiger partial charge < -0.3 is 15.0 Å². The zero-order valence-electron chi connectivity index (χ0n) is 16.4. The first-order valence-corrected chi connectivity index (χ1v) is 9.38. The van der Waals surface area contributed by atoms with Crippen LogP contribution in [0, 0.1) is 0 Å². The number of hydrogen-bond donors (Lipinski definition) is 1. The molecular weight excluding hydrogens is 342 g/mol. The zero-order valence-corrected chi connectivity index (χ0v) is 16.4. The Morgan fingerprint density at radius 1 is 1.37 bits per heavy atom. The van der Waals surface area contributed by atoms with Gasteiger partial charge in [-0.15, -0.1) is 0 Å². The van der Waals surface area contributed by atoms with Gasteiger partial charge in [-0.3, -0.25) is 14.4 Å². The van der Waals surface area contributed by atoms with E-state index in [1.807, 2.05) is 43.7 Å². The molecule has 0 unspecified atom stereocenters. The van der Waals surface area contributed by atoms with Crippen LogP contribution in [-0.4, -0.2) is 78.4 Å². The average Bonchev–Trinajstić information content (AvgIpc) is 3.28. The van der Waals surface area contributed by atoms with Gasteiger partial charge in [0.05, 0.1) is 19.3 Å². The predicted molar refractivity (Wildman–Crippen MR) is 106 cm³/mol. The number of hydrogen-bond acceptors (Lipinski definition) is 5. The number of carbonyl (C=O) groups is 1. The van der Waals surface area contributed by atoms with Crippen LogP contribution >= 0.6 is 0 Å². The topological polar surface area (TPSA) is 62.6 Å². The maximum absolute atomic E-state index is 12.1. The van der Waals surface area contributed by atoms with Crippen LogP contribution in [0.4, 0.5) is 0 Å². The molecule has 146 valence electrons. The molecule has 2 aromatic rings. The lowest BCUT2D eigenvalue weighted by Gasteiger charge is -2.20. The molecule has 0 spiro atoms. The first kappa shape index (κ1) is 19.4. The molecule has 7 heteroatoms. The number of rotatable bonds is 8. The van der Waals surface area contributed by atoms with Crippen molar-refractivity contribution in [1.82, 2.24) is 24.9 Å². The van der Waals surface area contributed by atoms with Gasteiger partial charge in [0.15, 0.2) is 0 Å². The van der Waals surface area contributed by atoms with Crippen LogP contribution in [0.3, 0.4) is 0 Å². The van der Waals surface area contributed by atoms with Gasteiger partial charge in [0.25, 0.3) is 0 Å². The van der Waals surface area contributed by atoms with Crippen molar-refractivity contribution in [3.8, 4) is 16.9 Å². The molecule has 2 heterocycles. The maximum atomic E-state index is 12.1. The van der Waals surface area contributed by atoms with E-state index < -0.39 is 0 Å². The first-order valence-electron chi connectivity index (χ1n) is 9.38. The summed E-state index contributed by atoms with van der Waals surface area (Å²) in [7, 11) is 6.08. The lowest BCUT2D eigenvalue weighted by atomic mass is 10.1. The molecule has 7 nitrogen and oxygen atoms in total. The standard InChI is InChI=1S/C20H29N5O2/c1-23(2)18-7-9-25(14-18)15-20(26)21-8-10-27-19-6-4-5-16(11-19)17-12-22-24(3)13-17/h4-6,11-13,18H,7-10,14-15H2,1-3H3,(H,21,26)/t18-/m1/s1. The Bertz CT molecular complexity index is 758. The van der Waals surface area contributed by atoms with Crippen LogP contribution in [0.5, 0.6) is 5.75 Å². The molecule has 1 aromatic carbocycles. The number of likely N-dealkylation sites (tertiary alicyclic amines) is 1. The summed E-state index contributed by atoms with van der Waals surface area (Å²) in [5.74, 6) is 0.848. The van der Waals surface area contributed by atoms with Gasteiger partial charge >= 0.3 is 0 Å². The summed E-state index contributed by atoms with van der Waals surface area (Å²) in [5.41, 5.74) is 2.12. The highest BCUT2D eigenvalue weighted by Crippen LogP contribution is 2.23. The third kappa shape index (κ3) is 5.55. The van der Waals surface area contributed by atoms with Gasteiger partial charge in [-0.1, -0.05) is 12.1 Å². The third-order valence-corrected chi connectivity index (χ3v) is 4.91. The second-order valence-corrected chi connectivity index (χ2v) is 7.27. The maximum Gasteiger partial charge on any atom is 0.234 e. The van der Waals surface area contributed by atoms with Crippen molar-refractivity contribution in [2.45, 2.75) is 12.5 Å².